The molecule has 0 saturated heterocycles. The lowest BCUT2D eigenvalue weighted by atomic mass is 10.2. The Morgan fingerprint density at radius 3 is 2.65 bits per heavy atom. The van der Waals surface area contributed by atoms with Crippen LogP contribution in [0.1, 0.15) is 35.6 Å². The average Bonchev–Trinajstić information content (AvgIpc) is 3.30. The molecule has 0 aliphatic heterocycles. The van der Waals surface area contributed by atoms with E-state index < -0.39 is 0 Å². The summed E-state index contributed by atoms with van der Waals surface area (Å²) >= 11 is 1.42. The van der Waals surface area contributed by atoms with Crippen molar-refractivity contribution in [1.29, 1.82) is 0 Å². The van der Waals surface area contributed by atoms with Gasteiger partial charge in [0.2, 0.25) is 0 Å². The number of Topliss-reactive ketones (excluding diaryl/α,β-unsaturated/α-hetero) is 1. The number of hydrogen-bond acceptors (Lipinski definition) is 5. The van der Waals surface area contributed by atoms with Crippen LogP contribution in [0, 0.1) is 19.8 Å². The molecule has 3 heterocycles. The lowest BCUT2D eigenvalue weighted by Gasteiger charge is -2.11. The second-order valence-corrected chi connectivity index (χ2v) is 7.79. The van der Waals surface area contributed by atoms with Gasteiger partial charge in [0.1, 0.15) is 0 Å². The van der Waals surface area contributed by atoms with Crippen LogP contribution in [0.5, 0.6) is 0 Å². The molecule has 0 aromatic carbocycles. The average molecular weight is 372 g/mol. The number of aromatic nitrogens is 4. The smallest absolute Gasteiger partial charge is 0.200 e. The van der Waals surface area contributed by atoms with Crippen molar-refractivity contribution in [2.45, 2.75) is 39.4 Å². The van der Waals surface area contributed by atoms with Crippen molar-refractivity contribution >= 4 is 17.5 Å². The van der Waals surface area contributed by atoms with Crippen LogP contribution in [0.15, 0.2) is 34.0 Å². The Bertz CT molecular complexity index is 907. The quantitative estimate of drug-likeness (QED) is 0.461. The molecule has 0 fully saturated rings. The minimum absolute atomic E-state index is 0.106. The molecule has 0 spiro atoms. The van der Waals surface area contributed by atoms with E-state index in [9.17, 15) is 4.79 Å². The number of nitrogens with zero attached hydrogens (tertiary/aromatic N) is 4. The summed E-state index contributed by atoms with van der Waals surface area (Å²) in [4.78, 5) is 12.7. The first-order chi connectivity index (χ1) is 12.4. The third kappa shape index (κ3) is 3.62. The predicted molar refractivity (Wildman–Crippen MR) is 103 cm³/mol. The van der Waals surface area contributed by atoms with E-state index in [4.69, 9.17) is 4.42 Å². The fourth-order valence-electron chi connectivity index (χ4n) is 2.86. The number of furan rings is 1. The van der Waals surface area contributed by atoms with Crippen molar-refractivity contribution in [2.24, 2.45) is 13.0 Å². The van der Waals surface area contributed by atoms with Gasteiger partial charge in [-0.1, -0.05) is 25.6 Å². The molecule has 7 heteroatoms. The van der Waals surface area contributed by atoms with Gasteiger partial charge in [0, 0.05) is 30.5 Å². The zero-order valence-corrected chi connectivity index (χ0v) is 16.6. The Hall–Kier alpha value is -2.28. The Kier molecular flexibility index (Phi) is 5.36. The van der Waals surface area contributed by atoms with Crippen molar-refractivity contribution in [3.8, 4) is 11.6 Å². The summed E-state index contributed by atoms with van der Waals surface area (Å²) in [6, 6.07) is 5.66. The van der Waals surface area contributed by atoms with Gasteiger partial charge in [0.15, 0.2) is 22.5 Å². The molecule has 0 atom stereocenters. The topological polar surface area (TPSA) is 65.8 Å². The minimum atomic E-state index is 0.106. The zero-order chi connectivity index (χ0) is 18.8. The number of aryl methyl sites for hydroxylation is 1. The first-order valence-corrected chi connectivity index (χ1v) is 9.63. The Morgan fingerprint density at radius 1 is 1.31 bits per heavy atom. The molecule has 6 nitrogen and oxygen atoms in total. The molecule has 0 unspecified atom stereocenters. The molecule has 0 aliphatic rings. The maximum Gasteiger partial charge on any atom is 0.200 e. The summed E-state index contributed by atoms with van der Waals surface area (Å²) in [6.07, 6.45) is 1.63. The van der Waals surface area contributed by atoms with Crippen molar-refractivity contribution in [1.82, 2.24) is 19.3 Å². The number of thioether (sulfide) groups is 1. The standard InChI is InChI=1S/C19H24N4O2S/c1-12(2)10-23-18(17-7-6-8-25-17)20-21-19(23)26-11-16(24)15-9-13(3)22(5)14(15)4/h6-9,12H,10-11H2,1-5H3. The summed E-state index contributed by atoms with van der Waals surface area (Å²) in [5.74, 6) is 2.25. The zero-order valence-electron chi connectivity index (χ0n) is 15.8. The molecule has 0 bridgehead atoms. The van der Waals surface area contributed by atoms with Crippen molar-refractivity contribution in [3.05, 3.63) is 41.4 Å². The third-order valence-electron chi connectivity index (χ3n) is 4.41. The largest absolute Gasteiger partial charge is 0.461 e. The number of carbonyl (C=O) groups is 1. The molecular weight excluding hydrogens is 348 g/mol. The van der Waals surface area contributed by atoms with E-state index in [1.165, 1.54) is 11.8 Å². The van der Waals surface area contributed by atoms with Gasteiger partial charge >= 0.3 is 0 Å². The summed E-state index contributed by atoms with van der Waals surface area (Å²) in [5.41, 5.74) is 2.85. The van der Waals surface area contributed by atoms with Crippen LogP contribution < -0.4 is 0 Å². The van der Waals surface area contributed by atoms with E-state index in [0.717, 1.165) is 28.7 Å². The number of hydrogen-bond donors (Lipinski definition) is 0. The molecule has 0 N–H and O–H groups in total. The lowest BCUT2D eigenvalue weighted by molar-refractivity contribution is 0.102. The molecule has 0 radical (unpaired) electrons. The highest BCUT2D eigenvalue weighted by Gasteiger charge is 2.20. The molecule has 3 aromatic rings. The second-order valence-electron chi connectivity index (χ2n) is 6.84. The van der Waals surface area contributed by atoms with Crippen LogP contribution >= 0.6 is 11.8 Å². The van der Waals surface area contributed by atoms with Gasteiger partial charge in [-0.25, -0.2) is 0 Å². The maximum atomic E-state index is 12.7. The molecule has 3 aromatic heterocycles. The normalized spacial score (nSPS) is 11.5. The Balaban J connectivity index is 1.81. The van der Waals surface area contributed by atoms with E-state index in [1.54, 1.807) is 6.26 Å². The van der Waals surface area contributed by atoms with Gasteiger partial charge in [-0.2, -0.15) is 0 Å². The highest BCUT2D eigenvalue weighted by atomic mass is 32.2. The first-order valence-electron chi connectivity index (χ1n) is 8.64. The minimum Gasteiger partial charge on any atom is -0.461 e. The maximum absolute atomic E-state index is 12.7. The Labute approximate surface area is 157 Å². The second kappa shape index (κ2) is 7.53. The van der Waals surface area contributed by atoms with Crippen molar-refractivity contribution in [3.63, 3.8) is 0 Å². The summed E-state index contributed by atoms with van der Waals surface area (Å²) in [6.45, 7) is 9.03. The molecule has 26 heavy (non-hydrogen) atoms. The number of ketones is 1. The summed E-state index contributed by atoms with van der Waals surface area (Å²) in [7, 11) is 1.98. The van der Waals surface area contributed by atoms with Crippen LogP contribution in [-0.2, 0) is 13.6 Å². The van der Waals surface area contributed by atoms with Gasteiger partial charge < -0.3 is 8.98 Å². The van der Waals surface area contributed by atoms with Crippen LogP contribution in [0.3, 0.4) is 0 Å². The summed E-state index contributed by atoms with van der Waals surface area (Å²) in [5, 5.41) is 9.32. The monoisotopic (exact) mass is 372 g/mol. The molecule has 0 saturated carbocycles. The SMILES string of the molecule is Cc1cc(C(=O)CSc2nnc(-c3ccco3)n2CC(C)C)c(C)n1C. The molecule has 3 rings (SSSR count). The lowest BCUT2D eigenvalue weighted by Crippen LogP contribution is -2.09. The van der Waals surface area contributed by atoms with Gasteiger partial charge in [0.25, 0.3) is 0 Å². The van der Waals surface area contributed by atoms with Gasteiger partial charge in [-0.3, -0.25) is 9.36 Å². The van der Waals surface area contributed by atoms with Crippen molar-refractivity contribution in [2.75, 3.05) is 5.75 Å². The fourth-order valence-corrected chi connectivity index (χ4v) is 3.69. The molecular formula is C19H24N4O2S. The third-order valence-corrected chi connectivity index (χ3v) is 5.38. The molecule has 0 amide bonds. The molecule has 138 valence electrons. The fraction of sp³-hybridized carbons (Fsp3) is 0.421. The highest BCUT2D eigenvalue weighted by molar-refractivity contribution is 7.99. The number of carbonyl (C=O) groups excluding carboxylic acids is 1. The molecule has 0 aliphatic carbocycles. The van der Waals surface area contributed by atoms with E-state index in [2.05, 4.69) is 24.0 Å². The Morgan fingerprint density at radius 2 is 2.08 bits per heavy atom. The first kappa shape index (κ1) is 18.5. The van der Waals surface area contributed by atoms with E-state index in [0.29, 0.717) is 23.3 Å². The van der Waals surface area contributed by atoms with E-state index in [1.807, 2.05) is 48.2 Å². The van der Waals surface area contributed by atoms with Crippen LogP contribution in [0.2, 0.25) is 0 Å². The van der Waals surface area contributed by atoms with E-state index >= 15 is 0 Å². The van der Waals surface area contributed by atoms with Crippen LogP contribution in [0.25, 0.3) is 11.6 Å². The van der Waals surface area contributed by atoms with Crippen LogP contribution in [0.4, 0.5) is 0 Å². The number of rotatable bonds is 7. The van der Waals surface area contributed by atoms with Gasteiger partial charge in [-0.05, 0) is 38.0 Å². The van der Waals surface area contributed by atoms with Crippen LogP contribution in [-0.4, -0.2) is 30.9 Å². The van der Waals surface area contributed by atoms with Gasteiger partial charge in [0.05, 0.1) is 12.0 Å². The summed E-state index contributed by atoms with van der Waals surface area (Å²) < 4.78 is 9.55. The predicted octanol–water partition coefficient (Wildman–Crippen LogP) is 4.12. The van der Waals surface area contributed by atoms with Gasteiger partial charge in [-0.15, -0.1) is 10.2 Å². The van der Waals surface area contributed by atoms with E-state index in [-0.39, 0.29) is 5.78 Å². The highest BCUT2D eigenvalue weighted by Crippen LogP contribution is 2.26. The van der Waals surface area contributed by atoms with Crippen molar-refractivity contribution < 1.29 is 9.21 Å².